The molecule has 1 atom stereocenters. The molecule has 3 aromatic rings. The smallest absolute Gasteiger partial charge is 0.258 e. The van der Waals surface area contributed by atoms with Crippen molar-refractivity contribution in [2.24, 2.45) is 0 Å². The number of nitrogens with one attached hydrogen (secondary N) is 2. The van der Waals surface area contributed by atoms with Gasteiger partial charge >= 0.3 is 0 Å². The molecule has 4 nitrogen and oxygen atoms in total. The first-order valence-electron chi connectivity index (χ1n) is 10.2. The molecule has 0 radical (unpaired) electrons. The average Bonchev–Trinajstić information content (AvgIpc) is 3.28. The number of rotatable bonds is 7. The highest BCUT2D eigenvalue weighted by Gasteiger charge is 2.29. The lowest BCUT2D eigenvalue weighted by atomic mass is 9.97. The molecule has 0 unspecified atom stereocenters. The SMILES string of the molecule is O=C(COc1ccc(Cl)cc1)NC[C@@H](c1cccc2ccccc12)[NH+]1CCCC1. The maximum atomic E-state index is 12.4. The molecule has 0 aliphatic carbocycles. The third-order valence-electron chi connectivity index (χ3n) is 5.62. The van der Waals surface area contributed by atoms with Gasteiger partial charge in [0.2, 0.25) is 0 Å². The van der Waals surface area contributed by atoms with Crippen molar-refractivity contribution in [1.29, 1.82) is 0 Å². The second-order valence-electron chi connectivity index (χ2n) is 7.53. The van der Waals surface area contributed by atoms with Gasteiger partial charge in [0.05, 0.1) is 19.6 Å². The van der Waals surface area contributed by atoms with Gasteiger partial charge < -0.3 is 15.0 Å². The van der Waals surface area contributed by atoms with E-state index in [1.807, 2.05) is 0 Å². The number of benzene rings is 3. The Kier molecular flexibility index (Phi) is 6.33. The Hall–Kier alpha value is -2.56. The Labute approximate surface area is 176 Å². The lowest BCUT2D eigenvalue weighted by molar-refractivity contribution is -0.918. The molecule has 0 aromatic heterocycles. The summed E-state index contributed by atoms with van der Waals surface area (Å²) in [5.41, 5.74) is 1.30. The van der Waals surface area contributed by atoms with Crippen molar-refractivity contribution in [2.75, 3.05) is 26.2 Å². The van der Waals surface area contributed by atoms with Crippen molar-refractivity contribution in [3.63, 3.8) is 0 Å². The van der Waals surface area contributed by atoms with Gasteiger partial charge in [0.15, 0.2) is 6.61 Å². The number of ether oxygens (including phenoxy) is 1. The highest BCUT2D eigenvalue weighted by atomic mass is 35.5. The second kappa shape index (κ2) is 9.29. The molecular formula is C24H26ClN2O2+. The molecule has 2 N–H and O–H groups in total. The second-order valence-corrected chi connectivity index (χ2v) is 7.97. The molecular weight excluding hydrogens is 384 g/mol. The molecule has 0 saturated carbocycles. The quantitative estimate of drug-likeness (QED) is 0.628. The van der Waals surface area contributed by atoms with Gasteiger partial charge in [-0.3, -0.25) is 4.79 Å². The van der Waals surface area contributed by atoms with Crippen molar-refractivity contribution in [2.45, 2.75) is 18.9 Å². The number of carbonyl (C=O) groups excluding carboxylic acids is 1. The Morgan fingerprint density at radius 2 is 1.72 bits per heavy atom. The van der Waals surface area contributed by atoms with Gasteiger partial charge in [-0.2, -0.15) is 0 Å². The molecule has 1 saturated heterocycles. The minimum atomic E-state index is -0.108. The van der Waals surface area contributed by atoms with Gasteiger partial charge in [0.25, 0.3) is 5.91 Å². The number of hydrogen-bond acceptors (Lipinski definition) is 2. The maximum Gasteiger partial charge on any atom is 0.258 e. The van der Waals surface area contributed by atoms with Crippen LogP contribution in [0.2, 0.25) is 5.02 Å². The van der Waals surface area contributed by atoms with E-state index in [9.17, 15) is 4.79 Å². The van der Waals surface area contributed by atoms with Crippen LogP contribution in [-0.2, 0) is 4.79 Å². The minimum absolute atomic E-state index is 0.000771. The highest BCUT2D eigenvalue weighted by Crippen LogP contribution is 2.23. The Morgan fingerprint density at radius 3 is 2.52 bits per heavy atom. The van der Waals surface area contributed by atoms with Gasteiger partial charge in [-0.05, 0) is 35.0 Å². The van der Waals surface area contributed by atoms with Crippen molar-refractivity contribution in [3.05, 3.63) is 77.3 Å². The van der Waals surface area contributed by atoms with Crippen molar-refractivity contribution < 1.29 is 14.4 Å². The Bertz CT molecular complexity index is 963. The maximum absolute atomic E-state index is 12.4. The number of quaternary nitrogens is 1. The molecule has 5 heteroatoms. The number of fused-ring (bicyclic) bond motifs is 1. The van der Waals surface area contributed by atoms with E-state index in [1.54, 1.807) is 29.2 Å². The topological polar surface area (TPSA) is 42.8 Å². The first kappa shape index (κ1) is 19.7. The zero-order chi connectivity index (χ0) is 20.1. The van der Waals surface area contributed by atoms with Gasteiger partial charge in [-0.1, -0.05) is 54.1 Å². The third kappa shape index (κ3) is 4.89. The number of hydrogen-bond donors (Lipinski definition) is 2. The summed E-state index contributed by atoms with van der Waals surface area (Å²) in [6.07, 6.45) is 2.48. The number of halogens is 1. The van der Waals surface area contributed by atoms with Crippen LogP contribution in [0.1, 0.15) is 24.4 Å². The van der Waals surface area contributed by atoms with Crippen molar-refractivity contribution >= 4 is 28.3 Å². The zero-order valence-corrected chi connectivity index (χ0v) is 17.1. The summed E-state index contributed by atoms with van der Waals surface area (Å²) in [7, 11) is 0. The van der Waals surface area contributed by atoms with Crippen LogP contribution in [0, 0.1) is 0 Å². The van der Waals surface area contributed by atoms with Gasteiger partial charge in [0.1, 0.15) is 11.8 Å². The van der Waals surface area contributed by atoms with Crippen LogP contribution in [0.5, 0.6) is 5.75 Å². The van der Waals surface area contributed by atoms with E-state index in [0.29, 0.717) is 17.3 Å². The number of amides is 1. The molecule has 0 bridgehead atoms. The molecule has 1 aliphatic heterocycles. The van der Waals surface area contributed by atoms with Gasteiger partial charge in [0, 0.05) is 23.4 Å². The van der Waals surface area contributed by atoms with Gasteiger partial charge in [-0.25, -0.2) is 0 Å². The predicted molar refractivity (Wildman–Crippen MR) is 117 cm³/mol. The highest BCUT2D eigenvalue weighted by molar-refractivity contribution is 6.30. The lowest BCUT2D eigenvalue weighted by Crippen LogP contribution is -3.11. The molecule has 1 heterocycles. The average molecular weight is 410 g/mol. The van der Waals surface area contributed by atoms with Crippen LogP contribution in [0.25, 0.3) is 10.8 Å². The Balaban J connectivity index is 1.45. The van der Waals surface area contributed by atoms with E-state index in [-0.39, 0.29) is 18.6 Å². The summed E-state index contributed by atoms with van der Waals surface area (Å²) >= 11 is 5.88. The van der Waals surface area contributed by atoms with Crippen molar-refractivity contribution in [1.82, 2.24) is 5.32 Å². The van der Waals surface area contributed by atoms with Crippen LogP contribution >= 0.6 is 11.6 Å². The largest absolute Gasteiger partial charge is 0.484 e. The van der Waals surface area contributed by atoms with Crippen LogP contribution in [0.15, 0.2) is 66.7 Å². The van der Waals surface area contributed by atoms with E-state index < -0.39 is 0 Å². The molecule has 29 heavy (non-hydrogen) atoms. The lowest BCUT2D eigenvalue weighted by Gasteiger charge is -2.26. The number of likely N-dealkylation sites (tertiary alicyclic amines) is 1. The first-order chi connectivity index (χ1) is 14.2. The molecule has 0 spiro atoms. The standard InChI is InChI=1S/C24H25ClN2O2/c25-19-10-12-20(13-11-19)29-17-24(28)26-16-23(27-14-3-4-15-27)22-9-5-7-18-6-1-2-8-21(18)22/h1-2,5-13,23H,3-4,14-17H2,(H,26,28)/p+1/t23-/m0/s1. The van der Waals surface area contributed by atoms with E-state index >= 15 is 0 Å². The number of carbonyl (C=O) groups is 1. The molecule has 4 rings (SSSR count). The van der Waals surface area contributed by atoms with E-state index in [1.165, 1.54) is 29.2 Å². The fourth-order valence-corrected chi connectivity index (χ4v) is 4.28. The van der Waals surface area contributed by atoms with Crippen LogP contribution in [0.3, 0.4) is 0 Å². The summed E-state index contributed by atoms with van der Waals surface area (Å²) in [6, 6.07) is 22.2. The first-order valence-corrected chi connectivity index (χ1v) is 10.6. The summed E-state index contributed by atoms with van der Waals surface area (Å²) in [5.74, 6) is 0.532. The zero-order valence-electron chi connectivity index (χ0n) is 16.4. The molecule has 3 aromatic carbocycles. The molecule has 1 amide bonds. The van der Waals surface area contributed by atoms with E-state index in [4.69, 9.17) is 16.3 Å². The fraction of sp³-hybridized carbons (Fsp3) is 0.292. The van der Waals surface area contributed by atoms with Crippen molar-refractivity contribution in [3.8, 4) is 5.75 Å². The summed E-state index contributed by atoms with van der Waals surface area (Å²) in [5, 5.41) is 6.25. The molecule has 1 fully saturated rings. The van der Waals surface area contributed by atoms with Crippen LogP contribution in [0.4, 0.5) is 0 Å². The third-order valence-corrected chi connectivity index (χ3v) is 5.88. The summed E-state index contributed by atoms with van der Waals surface area (Å²) in [4.78, 5) is 14.0. The van der Waals surface area contributed by atoms with E-state index in [0.717, 1.165) is 13.1 Å². The summed E-state index contributed by atoms with van der Waals surface area (Å²) in [6.45, 7) is 2.89. The molecule has 1 aliphatic rings. The van der Waals surface area contributed by atoms with Crippen LogP contribution in [-0.4, -0.2) is 32.1 Å². The normalized spacial score (nSPS) is 15.3. The monoisotopic (exact) mass is 409 g/mol. The van der Waals surface area contributed by atoms with Crippen LogP contribution < -0.4 is 15.0 Å². The predicted octanol–water partition coefficient (Wildman–Crippen LogP) is 3.41. The Morgan fingerprint density at radius 1 is 1.00 bits per heavy atom. The fourth-order valence-electron chi connectivity index (χ4n) is 4.15. The molecule has 150 valence electrons. The van der Waals surface area contributed by atoms with Gasteiger partial charge in [-0.15, -0.1) is 0 Å². The minimum Gasteiger partial charge on any atom is -0.484 e. The summed E-state index contributed by atoms with van der Waals surface area (Å²) < 4.78 is 5.58. The van der Waals surface area contributed by atoms with E-state index in [2.05, 4.69) is 47.8 Å².